The molecule has 0 aliphatic rings. The molecular formula is C31H55N7O16. The Morgan fingerprint density at radius 3 is 1.00 bits per heavy atom. The molecule has 0 aromatic rings. The molecule has 0 heterocycles. The molecule has 0 radical (unpaired) electrons. The Bertz CT molecular complexity index is 1120. The standard InChI is InChI=1S/C31H55N7O16/c1-2-24(39)32-3-9-48-15-16-54-22-30(45)38-17-25(40)33-4-10-49-18-26(41)34-5-11-50-19-27(42)35-6-12-51-20-28(43)36-7-13-52-21-29(44)37-8-14-53-23-31(46)47/h2-23H2,1H3,(H,32,39)(H,33,40)(H,34,41)(H,35,42)(H,36,43)(H,37,44)(H,38,45)(H,46,47). The number of hydrogen-bond donors (Lipinski definition) is 8. The maximum Gasteiger partial charge on any atom is 0.329 e. The van der Waals surface area contributed by atoms with Crippen LogP contribution in [0.1, 0.15) is 13.3 Å². The maximum absolute atomic E-state index is 11.8. The Morgan fingerprint density at radius 2 is 0.630 bits per heavy atom. The molecule has 0 unspecified atom stereocenters. The van der Waals surface area contributed by atoms with E-state index in [0.717, 1.165) is 0 Å². The molecule has 0 aliphatic heterocycles. The van der Waals surface area contributed by atoms with Gasteiger partial charge in [-0.15, -0.1) is 0 Å². The second kappa shape index (κ2) is 35.5. The Labute approximate surface area is 312 Å². The number of carboxylic acid groups (broad SMARTS) is 1. The average Bonchev–Trinajstić information content (AvgIpc) is 3.13. The number of aliphatic carboxylic acids is 1. The van der Waals surface area contributed by atoms with Gasteiger partial charge >= 0.3 is 5.97 Å². The fraction of sp³-hybridized carbons (Fsp3) is 0.742. The molecule has 0 aromatic heterocycles. The van der Waals surface area contributed by atoms with Crippen LogP contribution in [0, 0.1) is 0 Å². The molecule has 0 fully saturated rings. The van der Waals surface area contributed by atoms with Crippen molar-refractivity contribution in [3.63, 3.8) is 0 Å². The summed E-state index contributed by atoms with van der Waals surface area (Å²) < 4.78 is 35.8. The first-order valence-electron chi connectivity index (χ1n) is 17.2. The topological polar surface area (TPSA) is 306 Å². The van der Waals surface area contributed by atoms with E-state index in [1.165, 1.54) is 0 Å². The van der Waals surface area contributed by atoms with Crippen molar-refractivity contribution in [2.75, 3.05) is 138 Å². The van der Waals surface area contributed by atoms with Gasteiger partial charge in [0.2, 0.25) is 41.4 Å². The summed E-state index contributed by atoms with van der Waals surface area (Å²) in [6.45, 7) is 1.90. The first kappa shape index (κ1) is 49.5. The van der Waals surface area contributed by atoms with Crippen LogP contribution in [0.4, 0.5) is 0 Å². The molecule has 7 amide bonds. The second-order valence-electron chi connectivity index (χ2n) is 10.6. The Morgan fingerprint density at radius 1 is 0.352 bits per heavy atom. The first-order valence-corrected chi connectivity index (χ1v) is 17.2. The number of carbonyl (C=O) groups is 8. The molecule has 0 saturated heterocycles. The number of carboxylic acids is 1. The highest BCUT2D eigenvalue weighted by Crippen LogP contribution is 1.83. The predicted molar refractivity (Wildman–Crippen MR) is 185 cm³/mol. The SMILES string of the molecule is CCC(=O)NCCOCCOCC(=O)NCC(=O)NCCOCC(=O)NCCOCC(=O)NCCOCC(=O)NCCOCC(=O)NCCOCC(=O)O. The lowest BCUT2D eigenvalue weighted by Crippen LogP contribution is -2.40. The highest BCUT2D eigenvalue weighted by molar-refractivity contribution is 5.85. The lowest BCUT2D eigenvalue weighted by atomic mass is 10.4. The van der Waals surface area contributed by atoms with Gasteiger partial charge in [0.15, 0.2) is 0 Å². The zero-order valence-corrected chi connectivity index (χ0v) is 30.6. The summed E-state index contributed by atoms with van der Waals surface area (Å²) >= 11 is 0. The van der Waals surface area contributed by atoms with Gasteiger partial charge < -0.3 is 75.5 Å². The molecule has 0 aromatic carbocycles. The minimum absolute atomic E-state index is 0.0499. The quantitative estimate of drug-likeness (QED) is 0.0275. The van der Waals surface area contributed by atoms with E-state index in [0.29, 0.717) is 19.6 Å². The highest BCUT2D eigenvalue weighted by atomic mass is 16.5. The van der Waals surface area contributed by atoms with E-state index in [4.69, 9.17) is 38.3 Å². The second-order valence-corrected chi connectivity index (χ2v) is 10.6. The number of amides is 7. The van der Waals surface area contributed by atoms with Crippen LogP contribution in [0.2, 0.25) is 0 Å². The van der Waals surface area contributed by atoms with E-state index < -0.39 is 48.0 Å². The molecule has 23 nitrogen and oxygen atoms in total. The molecule has 8 N–H and O–H groups in total. The van der Waals surface area contributed by atoms with Crippen LogP contribution in [0.25, 0.3) is 0 Å². The average molecular weight is 782 g/mol. The van der Waals surface area contributed by atoms with Crippen LogP contribution in [-0.2, 0) is 71.5 Å². The van der Waals surface area contributed by atoms with Gasteiger partial charge in [-0.2, -0.15) is 0 Å². The van der Waals surface area contributed by atoms with Gasteiger partial charge in [-0.25, -0.2) is 4.79 Å². The van der Waals surface area contributed by atoms with Gasteiger partial charge in [0.1, 0.15) is 39.6 Å². The van der Waals surface area contributed by atoms with Crippen LogP contribution >= 0.6 is 0 Å². The Kier molecular flexibility index (Phi) is 32.5. The van der Waals surface area contributed by atoms with Crippen LogP contribution in [-0.4, -0.2) is 191 Å². The summed E-state index contributed by atoms with van der Waals surface area (Å²) in [6, 6.07) is 0. The van der Waals surface area contributed by atoms with Gasteiger partial charge in [0, 0.05) is 45.7 Å². The third-order valence-electron chi connectivity index (χ3n) is 5.94. The minimum Gasteiger partial charge on any atom is -0.480 e. The molecule has 0 spiro atoms. The van der Waals surface area contributed by atoms with Crippen LogP contribution in [0.3, 0.4) is 0 Å². The summed E-state index contributed by atoms with van der Waals surface area (Å²) in [7, 11) is 0. The third kappa shape index (κ3) is 35.9. The monoisotopic (exact) mass is 781 g/mol. The zero-order valence-electron chi connectivity index (χ0n) is 30.6. The predicted octanol–water partition coefficient (Wildman–Crippen LogP) is -5.59. The number of rotatable bonds is 36. The van der Waals surface area contributed by atoms with E-state index in [2.05, 4.69) is 37.2 Å². The summed E-state index contributed by atoms with van der Waals surface area (Å²) in [5, 5.41) is 26.1. The molecule has 0 aliphatic carbocycles. The molecule has 0 bridgehead atoms. The smallest absolute Gasteiger partial charge is 0.329 e. The zero-order chi connectivity index (χ0) is 40.1. The summed E-state index contributed by atoms with van der Waals surface area (Å²) in [5.41, 5.74) is 0. The van der Waals surface area contributed by atoms with Crippen LogP contribution in [0.15, 0.2) is 0 Å². The number of carbonyl (C=O) groups excluding carboxylic acids is 7. The van der Waals surface area contributed by atoms with E-state index in [-0.39, 0.29) is 124 Å². The molecule has 23 heteroatoms. The first-order chi connectivity index (χ1) is 26.0. The van der Waals surface area contributed by atoms with Crippen molar-refractivity contribution in [1.29, 1.82) is 0 Å². The van der Waals surface area contributed by atoms with Gasteiger partial charge in [0.25, 0.3) is 0 Å². The minimum atomic E-state index is -1.10. The summed E-state index contributed by atoms with van der Waals surface area (Å²) in [5.74, 6) is -3.78. The fourth-order valence-corrected chi connectivity index (χ4v) is 3.40. The van der Waals surface area contributed by atoms with Gasteiger partial charge in [0.05, 0.1) is 59.4 Å². The number of nitrogens with one attached hydrogen (secondary N) is 7. The molecule has 0 saturated carbocycles. The van der Waals surface area contributed by atoms with Crippen molar-refractivity contribution < 1.29 is 76.6 Å². The van der Waals surface area contributed by atoms with Crippen molar-refractivity contribution in [2.24, 2.45) is 0 Å². The molecular weight excluding hydrogens is 726 g/mol. The molecule has 310 valence electrons. The molecule has 0 rings (SSSR count). The van der Waals surface area contributed by atoms with Gasteiger partial charge in [-0.3, -0.25) is 33.6 Å². The van der Waals surface area contributed by atoms with E-state index in [1.54, 1.807) is 6.92 Å². The van der Waals surface area contributed by atoms with Crippen LogP contribution in [0.5, 0.6) is 0 Å². The molecule has 0 atom stereocenters. The van der Waals surface area contributed by atoms with Crippen molar-refractivity contribution in [2.45, 2.75) is 13.3 Å². The van der Waals surface area contributed by atoms with Crippen molar-refractivity contribution in [3.05, 3.63) is 0 Å². The molecule has 54 heavy (non-hydrogen) atoms. The third-order valence-corrected chi connectivity index (χ3v) is 5.94. The van der Waals surface area contributed by atoms with Crippen molar-refractivity contribution in [1.82, 2.24) is 37.2 Å². The van der Waals surface area contributed by atoms with Crippen LogP contribution < -0.4 is 37.2 Å². The number of ether oxygens (including phenoxy) is 7. The largest absolute Gasteiger partial charge is 0.480 e. The van der Waals surface area contributed by atoms with Gasteiger partial charge in [-0.1, -0.05) is 6.92 Å². The Balaban J connectivity index is 3.55. The van der Waals surface area contributed by atoms with E-state index in [1.807, 2.05) is 0 Å². The summed E-state index contributed by atoms with van der Waals surface area (Å²) in [6.07, 6.45) is 0.400. The normalized spacial score (nSPS) is 10.5. The van der Waals surface area contributed by atoms with E-state index >= 15 is 0 Å². The highest BCUT2D eigenvalue weighted by Gasteiger charge is 2.08. The lowest BCUT2D eigenvalue weighted by molar-refractivity contribution is -0.142. The fourth-order valence-electron chi connectivity index (χ4n) is 3.40. The maximum atomic E-state index is 11.8. The Hall–Kier alpha value is -4.52. The lowest BCUT2D eigenvalue weighted by Gasteiger charge is -2.10. The van der Waals surface area contributed by atoms with E-state index in [9.17, 15) is 38.4 Å². The number of hydrogen-bond acceptors (Lipinski definition) is 15. The summed E-state index contributed by atoms with van der Waals surface area (Å²) in [4.78, 5) is 91.9. The van der Waals surface area contributed by atoms with Gasteiger partial charge in [-0.05, 0) is 0 Å². The van der Waals surface area contributed by atoms with Crippen molar-refractivity contribution >= 4 is 47.3 Å². The van der Waals surface area contributed by atoms with Crippen molar-refractivity contribution in [3.8, 4) is 0 Å².